The zero-order valence-corrected chi connectivity index (χ0v) is 17.0. The minimum atomic E-state index is -4.96. The van der Waals surface area contributed by atoms with Crippen LogP contribution in [-0.4, -0.2) is 97.4 Å². The topological polar surface area (TPSA) is 203 Å². The van der Waals surface area contributed by atoms with Gasteiger partial charge in [-0.25, -0.2) is 4.57 Å². The number of carbonyl (C=O) groups excluding carboxylic acids is 1. The van der Waals surface area contributed by atoms with Gasteiger partial charge in [-0.15, -0.1) is 0 Å². The average Bonchev–Trinajstić information content (AvgIpc) is 2.68. The molecule has 7 N–H and O–H groups in total. The zero-order chi connectivity index (χ0) is 22.2. The third-order valence-corrected chi connectivity index (χ3v) is 5.41. The summed E-state index contributed by atoms with van der Waals surface area (Å²) in [5, 5.41) is 57.9. The quantitative estimate of drug-likeness (QED) is 0.101. The number of hydrogen-bond donors (Lipinski definition) is 7. The van der Waals surface area contributed by atoms with E-state index in [0.29, 0.717) is 6.42 Å². The van der Waals surface area contributed by atoms with E-state index in [1.807, 2.05) is 6.92 Å². The Labute approximate surface area is 168 Å². The number of carbonyl (C=O) groups is 1. The summed E-state index contributed by atoms with van der Waals surface area (Å²) in [4.78, 5) is 21.2. The minimum absolute atomic E-state index is 0.184. The normalized spacial score (nSPS) is 33.1. The molecule has 1 aliphatic rings. The van der Waals surface area contributed by atoms with Crippen LogP contribution in [-0.2, 0) is 23.1 Å². The molecule has 6 atom stereocenters. The second-order valence-electron chi connectivity index (χ2n) is 6.93. The molecule has 172 valence electrons. The molecule has 0 aromatic carbocycles. The molecule has 0 bridgehead atoms. The Morgan fingerprint density at radius 2 is 1.48 bits per heavy atom. The Balaban J connectivity index is 2.42. The first-order chi connectivity index (χ1) is 13.5. The fourth-order valence-electron chi connectivity index (χ4n) is 2.69. The molecule has 0 spiro atoms. The molecule has 0 heterocycles. The number of phosphoric ester groups is 1. The number of hydrogen-bond acceptors (Lipinski definition) is 11. The van der Waals surface area contributed by atoms with Crippen LogP contribution in [0.3, 0.4) is 0 Å². The van der Waals surface area contributed by atoms with Gasteiger partial charge in [0.25, 0.3) is 0 Å². The lowest BCUT2D eigenvalue weighted by molar-refractivity contribution is -0.220. The highest BCUT2D eigenvalue weighted by atomic mass is 31.2. The number of aliphatic hydroxyl groups is 6. The van der Waals surface area contributed by atoms with E-state index in [9.17, 15) is 44.9 Å². The van der Waals surface area contributed by atoms with E-state index >= 15 is 0 Å². The van der Waals surface area contributed by atoms with Crippen molar-refractivity contribution in [3.8, 4) is 0 Å². The number of phosphoric acid groups is 1. The summed E-state index contributed by atoms with van der Waals surface area (Å²) in [5.74, 6) is -0.529. The van der Waals surface area contributed by atoms with Crippen LogP contribution in [0.4, 0.5) is 0 Å². The van der Waals surface area contributed by atoms with Gasteiger partial charge < -0.3 is 40.3 Å². The predicted octanol–water partition coefficient (Wildman–Crippen LogP) is -1.82. The van der Waals surface area contributed by atoms with Crippen LogP contribution >= 0.6 is 7.82 Å². The Hall–Kier alpha value is -0.660. The molecule has 1 saturated carbocycles. The van der Waals surface area contributed by atoms with Gasteiger partial charge in [-0.1, -0.05) is 26.2 Å². The highest BCUT2D eigenvalue weighted by molar-refractivity contribution is 7.47. The van der Waals surface area contributed by atoms with Gasteiger partial charge in [0.2, 0.25) is 0 Å². The van der Waals surface area contributed by atoms with Crippen molar-refractivity contribution < 1.29 is 58.7 Å². The number of ether oxygens (including phenoxy) is 1. The molecule has 29 heavy (non-hydrogen) atoms. The van der Waals surface area contributed by atoms with E-state index in [2.05, 4.69) is 9.05 Å². The molecule has 6 unspecified atom stereocenters. The molecule has 0 aliphatic heterocycles. The SMILES string of the molecule is CCCCCCC(=O)OCC(O)COP(=O)(O)OC1C(O)C(O)C(O)C(O)C1O. The van der Waals surface area contributed by atoms with E-state index in [0.717, 1.165) is 19.3 Å². The van der Waals surface area contributed by atoms with Crippen molar-refractivity contribution >= 4 is 13.8 Å². The van der Waals surface area contributed by atoms with Gasteiger partial charge in [-0.3, -0.25) is 13.8 Å². The van der Waals surface area contributed by atoms with Crippen LogP contribution < -0.4 is 0 Å². The van der Waals surface area contributed by atoms with Gasteiger partial charge in [0.05, 0.1) is 6.61 Å². The van der Waals surface area contributed by atoms with E-state index in [1.54, 1.807) is 0 Å². The number of unbranched alkanes of at least 4 members (excludes halogenated alkanes) is 3. The summed E-state index contributed by atoms with van der Waals surface area (Å²) < 4.78 is 25.9. The van der Waals surface area contributed by atoms with Crippen molar-refractivity contribution in [3.05, 3.63) is 0 Å². The Morgan fingerprint density at radius 1 is 0.931 bits per heavy atom. The van der Waals surface area contributed by atoms with Crippen LogP contribution in [0.25, 0.3) is 0 Å². The molecular formula is C16H31O12P. The van der Waals surface area contributed by atoms with Gasteiger partial charge in [0, 0.05) is 6.42 Å². The largest absolute Gasteiger partial charge is 0.472 e. The molecule has 0 amide bonds. The first-order valence-corrected chi connectivity index (χ1v) is 10.9. The average molecular weight is 446 g/mol. The summed E-state index contributed by atoms with van der Waals surface area (Å²) in [6.07, 6.45) is -9.44. The molecule has 0 aromatic rings. The van der Waals surface area contributed by atoms with Gasteiger partial charge in [-0.05, 0) is 6.42 Å². The van der Waals surface area contributed by atoms with Gasteiger partial charge in [0.15, 0.2) is 0 Å². The summed E-state index contributed by atoms with van der Waals surface area (Å²) >= 11 is 0. The molecule has 1 fully saturated rings. The summed E-state index contributed by atoms with van der Waals surface area (Å²) in [6.45, 7) is 0.774. The fraction of sp³-hybridized carbons (Fsp3) is 0.938. The maximum Gasteiger partial charge on any atom is 0.472 e. The van der Waals surface area contributed by atoms with Crippen molar-refractivity contribution in [2.24, 2.45) is 0 Å². The van der Waals surface area contributed by atoms with Crippen LogP contribution in [0.1, 0.15) is 39.0 Å². The maximum atomic E-state index is 12.0. The molecule has 0 saturated heterocycles. The first kappa shape index (κ1) is 26.4. The van der Waals surface area contributed by atoms with Crippen molar-refractivity contribution in [2.45, 2.75) is 81.8 Å². The second kappa shape index (κ2) is 12.3. The molecule has 0 radical (unpaired) electrons. The van der Waals surface area contributed by atoms with Gasteiger partial charge in [-0.2, -0.15) is 0 Å². The lowest BCUT2D eigenvalue weighted by Crippen LogP contribution is -2.64. The zero-order valence-electron chi connectivity index (χ0n) is 16.1. The predicted molar refractivity (Wildman–Crippen MR) is 96.4 cm³/mol. The second-order valence-corrected chi connectivity index (χ2v) is 8.34. The maximum absolute atomic E-state index is 12.0. The van der Waals surface area contributed by atoms with E-state index in [1.165, 1.54) is 0 Å². The minimum Gasteiger partial charge on any atom is -0.463 e. The lowest BCUT2D eigenvalue weighted by atomic mass is 9.85. The van der Waals surface area contributed by atoms with Crippen molar-refractivity contribution in [1.29, 1.82) is 0 Å². The van der Waals surface area contributed by atoms with E-state index < -0.39 is 69.7 Å². The molecule has 1 rings (SSSR count). The fourth-order valence-corrected chi connectivity index (χ4v) is 3.67. The lowest BCUT2D eigenvalue weighted by Gasteiger charge is -2.41. The van der Waals surface area contributed by atoms with Crippen LogP contribution in [0, 0.1) is 0 Å². The van der Waals surface area contributed by atoms with Crippen molar-refractivity contribution in [3.63, 3.8) is 0 Å². The first-order valence-electron chi connectivity index (χ1n) is 9.40. The Morgan fingerprint density at radius 3 is 2.03 bits per heavy atom. The Bertz CT molecular complexity index is 530. The number of rotatable bonds is 12. The molecule has 0 aromatic heterocycles. The third-order valence-electron chi connectivity index (χ3n) is 4.43. The summed E-state index contributed by atoms with van der Waals surface area (Å²) in [5.41, 5.74) is 0. The van der Waals surface area contributed by atoms with E-state index in [4.69, 9.17) is 4.74 Å². The standard InChI is InChI=1S/C16H31O12P/c1-2-3-4-5-6-10(18)26-7-9(17)8-27-29(24,25)28-16-14(22)12(20)11(19)13(21)15(16)23/h9,11-17,19-23H,2-8H2,1H3,(H,24,25). The number of esters is 1. The van der Waals surface area contributed by atoms with Crippen molar-refractivity contribution in [1.82, 2.24) is 0 Å². The van der Waals surface area contributed by atoms with E-state index in [-0.39, 0.29) is 6.42 Å². The van der Waals surface area contributed by atoms with Gasteiger partial charge in [0.1, 0.15) is 49.3 Å². The van der Waals surface area contributed by atoms with Crippen LogP contribution in [0.15, 0.2) is 0 Å². The molecule has 13 heteroatoms. The summed E-state index contributed by atoms with van der Waals surface area (Å²) in [7, 11) is -4.96. The van der Waals surface area contributed by atoms with Crippen LogP contribution in [0.2, 0.25) is 0 Å². The molecule has 12 nitrogen and oxygen atoms in total. The highest BCUT2D eigenvalue weighted by Gasteiger charge is 2.51. The van der Waals surface area contributed by atoms with Gasteiger partial charge >= 0.3 is 13.8 Å². The summed E-state index contributed by atoms with van der Waals surface area (Å²) in [6, 6.07) is 0. The highest BCUT2D eigenvalue weighted by Crippen LogP contribution is 2.47. The molecular weight excluding hydrogens is 415 g/mol. The number of aliphatic hydroxyl groups excluding tert-OH is 6. The van der Waals surface area contributed by atoms with Crippen molar-refractivity contribution in [2.75, 3.05) is 13.2 Å². The monoisotopic (exact) mass is 446 g/mol. The molecule has 1 aliphatic carbocycles. The third kappa shape index (κ3) is 8.54. The Kier molecular flexibility index (Phi) is 11.1. The van der Waals surface area contributed by atoms with Crippen LogP contribution in [0.5, 0.6) is 0 Å². The smallest absolute Gasteiger partial charge is 0.463 e.